The number of anilines is 1. The Labute approximate surface area is 114 Å². The summed E-state index contributed by atoms with van der Waals surface area (Å²) in [5.41, 5.74) is 2.92. The van der Waals surface area contributed by atoms with Crippen molar-refractivity contribution >= 4 is 22.8 Å². The van der Waals surface area contributed by atoms with Crippen molar-refractivity contribution in [1.29, 1.82) is 0 Å². The molecular weight excluding hydrogens is 256 g/mol. The van der Waals surface area contributed by atoms with Crippen molar-refractivity contribution in [1.82, 2.24) is 25.6 Å². The van der Waals surface area contributed by atoms with Crippen LogP contribution in [0.5, 0.6) is 0 Å². The van der Waals surface area contributed by atoms with E-state index in [0.717, 1.165) is 24.1 Å². The molecule has 0 fully saturated rings. The van der Waals surface area contributed by atoms with Crippen LogP contribution in [-0.2, 0) is 6.42 Å². The fourth-order valence-electron chi connectivity index (χ4n) is 1.99. The van der Waals surface area contributed by atoms with Gasteiger partial charge in [0.2, 0.25) is 0 Å². The molecule has 102 valence electrons. The second kappa shape index (κ2) is 5.12. The molecule has 0 saturated heterocycles. The van der Waals surface area contributed by atoms with Gasteiger partial charge in [-0.05, 0) is 24.6 Å². The summed E-state index contributed by atoms with van der Waals surface area (Å²) in [5, 5.41) is 20.1. The molecule has 1 amide bonds. The van der Waals surface area contributed by atoms with E-state index in [9.17, 15) is 4.79 Å². The van der Waals surface area contributed by atoms with Crippen molar-refractivity contribution in [3.8, 4) is 0 Å². The lowest BCUT2D eigenvalue weighted by atomic mass is 10.2. The third kappa shape index (κ3) is 2.37. The fourth-order valence-corrected chi connectivity index (χ4v) is 1.99. The molecule has 0 unspecified atom stereocenters. The van der Waals surface area contributed by atoms with Gasteiger partial charge in [-0.25, -0.2) is 0 Å². The fraction of sp³-hybridized carbons (Fsp3) is 0.231. The first kappa shape index (κ1) is 12.3. The maximum Gasteiger partial charge on any atom is 0.256 e. The van der Waals surface area contributed by atoms with Crippen LogP contribution in [-0.4, -0.2) is 31.5 Å². The van der Waals surface area contributed by atoms with Gasteiger partial charge in [0.25, 0.3) is 5.91 Å². The Morgan fingerprint density at radius 2 is 2.05 bits per heavy atom. The topological polar surface area (TPSA) is 99.3 Å². The molecule has 3 aromatic rings. The van der Waals surface area contributed by atoms with Crippen LogP contribution >= 0.6 is 0 Å². The number of hydrogen-bond acceptors (Lipinski definition) is 4. The van der Waals surface area contributed by atoms with Gasteiger partial charge in [-0.3, -0.25) is 9.89 Å². The summed E-state index contributed by atoms with van der Waals surface area (Å²) in [6.07, 6.45) is 1.94. The average molecular weight is 270 g/mol. The lowest BCUT2D eigenvalue weighted by Gasteiger charge is -2.01. The minimum absolute atomic E-state index is 0.218. The first-order valence-corrected chi connectivity index (χ1v) is 6.42. The van der Waals surface area contributed by atoms with Crippen LogP contribution in [0.3, 0.4) is 0 Å². The molecule has 7 nitrogen and oxygen atoms in total. The third-order valence-corrected chi connectivity index (χ3v) is 2.97. The van der Waals surface area contributed by atoms with Gasteiger partial charge < -0.3 is 5.32 Å². The van der Waals surface area contributed by atoms with Crippen LogP contribution < -0.4 is 5.32 Å². The Kier molecular flexibility index (Phi) is 3.16. The number of carbonyl (C=O) groups is 1. The van der Waals surface area contributed by atoms with E-state index >= 15 is 0 Å². The minimum atomic E-state index is -0.218. The molecular formula is C13H14N6O. The number of H-pyrrole nitrogens is 2. The maximum atomic E-state index is 12.1. The highest BCUT2D eigenvalue weighted by Crippen LogP contribution is 2.13. The predicted octanol–water partition coefficient (Wildman–Crippen LogP) is 1.89. The molecule has 0 aliphatic heterocycles. The first-order valence-electron chi connectivity index (χ1n) is 6.42. The second-order valence-corrected chi connectivity index (χ2v) is 4.51. The maximum absolute atomic E-state index is 12.1. The molecule has 0 aliphatic rings. The average Bonchev–Trinajstić information content (AvgIpc) is 3.07. The summed E-state index contributed by atoms with van der Waals surface area (Å²) in [6.45, 7) is 2.09. The van der Waals surface area contributed by atoms with Crippen molar-refractivity contribution in [3.63, 3.8) is 0 Å². The number of aromatic nitrogens is 5. The van der Waals surface area contributed by atoms with E-state index in [1.807, 2.05) is 6.07 Å². The molecule has 7 heteroatoms. The molecule has 0 spiro atoms. The van der Waals surface area contributed by atoms with Gasteiger partial charge in [-0.15, -0.1) is 0 Å². The highest BCUT2D eigenvalue weighted by Gasteiger charge is 2.10. The molecule has 0 atom stereocenters. The predicted molar refractivity (Wildman–Crippen MR) is 74.4 cm³/mol. The third-order valence-electron chi connectivity index (χ3n) is 2.97. The number of nitrogens with zero attached hydrogens (tertiary/aromatic N) is 3. The van der Waals surface area contributed by atoms with Gasteiger partial charge in [-0.2, -0.15) is 20.5 Å². The largest absolute Gasteiger partial charge is 0.305 e. The number of hydrogen-bond donors (Lipinski definition) is 3. The highest BCUT2D eigenvalue weighted by atomic mass is 16.1. The molecule has 1 aromatic carbocycles. The highest BCUT2D eigenvalue weighted by molar-refractivity contribution is 6.05. The summed E-state index contributed by atoms with van der Waals surface area (Å²) in [4.78, 5) is 12.1. The molecule has 3 N–H and O–H groups in total. The Balaban J connectivity index is 1.77. The monoisotopic (exact) mass is 270 g/mol. The Morgan fingerprint density at radius 1 is 1.20 bits per heavy atom. The zero-order chi connectivity index (χ0) is 13.9. The van der Waals surface area contributed by atoms with E-state index in [4.69, 9.17) is 0 Å². The van der Waals surface area contributed by atoms with E-state index in [1.165, 1.54) is 0 Å². The standard InChI is InChI=1S/C13H14N6O/c1-2-3-9-7-12(18-15-9)14-13(20)8-4-5-10-11(6-8)17-19-16-10/h4-7H,2-3H2,1H3,(H,16,17,19)(H2,14,15,18,20). The zero-order valence-electron chi connectivity index (χ0n) is 11.0. The molecule has 2 aromatic heterocycles. The van der Waals surface area contributed by atoms with Crippen molar-refractivity contribution in [2.75, 3.05) is 5.32 Å². The summed E-state index contributed by atoms with van der Waals surface area (Å²) < 4.78 is 0. The molecule has 3 rings (SSSR count). The Bertz CT molecular complexity index is 744. The number of carbonyl (C=O) groups excluding carboxylic acids is 1. The molecule has 2 heterocycles. The summed E-state index contributed by atoms with van der Waals surface area (Å²) >= 11 is 0. The van der Waals surface area contributed by atoms with E-state index in [-0.39, 0.29) is 5.91 Å². The lowest BCUT2D eigenvalue weighted by Crippen LogP contribution is -2.12. The number of nitrogens with one attached hydrogen (secondary N) is 3. The van der Waals surface area contributed by atoms with Gasteiger partial charge in [0.1, 0.15) is 11.0 Å². The van der Waals surface area contributed by atoms with Gasteiger partial charge in [0.15, 0.2) is 5.82 Å². The molecule has 0 radical (unpaired) electrons. The van der Waals surface area contributed by atoms with Crippen molar-refractivity contribution in [2.24, 2.45) is 0 Å². The molecule has 0 bridgehead atoms. The van der Waals surface area contributed by atoms with E-state index < -0.39 is 0 Å². The van der Waals surface area contributed by atoms with Gasteiger partial charge >= 0.3 is 0 Å². The Morgan fingerprint density at radius 3 is 2.90 bits per heavy atom. The van der Waals surface area contributed by atoms with Crippen molar-refractivity contribution in [2.45, 2.75) is 19.8 Å². The normalized spacial score (nSPS) is 10.8. The number of rotatable bonds is 4. The van der Waals surface area contributed by atoms with Crippen LogP contribution in [0.25, 0.3) is 11.0 Å². The Hall–Kier alpha value is -2.70. The van der Waals surface area contributed by atoms with Gasteiger partial charge in [0, 0.05) is 17.3 Å². The van der Waals surface area contributed by atoms with Crippen LogP contribution in [0, 0.1) is 0 Å². The molecule has 0 saturated carbocycles. The summed E-state index contributed by atoms with van der Waals surface area (Å²) in [6, 6.07) is 6.99. The van der Waals surface area contributed by atoms with Crippen LogP contribution in [0.2, 0.25) is 0 Å². The quantitative estimate of drug-likeness (QED) is 0.674. The van der Waals surface area contributed by atoms with E-state index in [1.54, 1.807) is 18.2 Å². The molecule has 0 aliphatic carbocycles. The van der Waals surface area contributed by atoms with E-state index in [0.29, 0.717) is 16.9 Å². The van der Waals surface area contributed by atoms with Crippen molar-refractivity contribution < 1.29 is 4.79 Å². The minimum Gasteiger partial charge on any atom is -0.305 e. The van der Waals surface area contributed by atoms with Gasteiger partial charge in [0.05, 0.1) is 0 Å². The summed E-state index contributed by atoms with van der Waals surface area (Å²) in [7, 11) is 0. The number of amides is 1. The number of aryl methyl sites for hydroxylation is 1. The number of benzene rings is 1. The smallest absolute Gasteiger partial charge is 0.256 e. The van der Waals surface area contributed by atoms with Crippen LogP contribution in [0.4, 0.5) is 5.82 Å². The van der Waals surface area contributed by atoms with Crippen molar-refractivity contribution in [3.05, 3.63) is 35.5 Å². The van der Waals surface area contributed by atoms with Gasteiger partial charge in [-0.1, -0.05) is 13.3 Å². The first-order chi connectivity index (χ1) is 9.76. The molecule has 20 heavy (non-hydrogen) atoms. The van der Waals surface area contributed by atoms with E-state index in [2.05, 4.69) is 37.8 Å². The number of aromatic amines is 2. The van der Waals surface area contributed by atoms with Crippen LogP contribution in [0.1, 0.15) is 29.4 Å². The second-order valence-electron chi connectivity index (χ2n) is 4.51. The zero-order valence-corrected chi connectivity index (χ0v) is 11.0. The number of fused-ring (bicyclic) bond motifs is 1. The lowest BCUT2D eigenvalue weighted by molar-refractivity contribution is 0.102. The van der Waals surface area contributed by atoms with Crippen LogP contribution in [0.15, 0.2) is 24.3 Å². The summed E-state index contributed by atoms with van der Waals surface area (Å²) in [5.74, 6) is 0.308. The SMILES string of the molecule is CCCc1cc(NC(=O)c2ccc3n[nH]nc3c2)n[nH]1.